The highest BCUT2D eigenvalue weighted by Crippen LogP contribution is 2.31. The van der Waals surface area contributed by atoms with Crippen molar-refractivity contribution >= 4 is 10.9 Å². The van der Waals surface area contributed by atoms with Gasteiger partial charge in [0.2, 0.25) is 0 Å². The lowest BCUT2D eigenvalue weighted by atomic mass is 10.2. The van der Waals surface area contributed by atoms with Crippen LogP contribution in [0, 0.1) is 13.8 Å². The molecule has 0 radical (unpaired) electrons. The lowest BCUT2D eigenvalue weighted by Gasteiger charge is -2.08. The summed E-state index contributed by atoms with van der Waals surface area (Å²) in [6.45, 7) is 4.27. The Kier molecular flexibility index (Phi) is 4.12. The van der Waals surface area contributed by atoms with Gasteiger partial charge in [0.25, 0.3) is 0 Å². The summed E-state index contributed by atoms with van der Waals surface area (Å²) in [5.74, 6) is 0. The van der Waals surface area contributed by atoms with Gasteiger partial charge in [-0.2, -0.15) is 0 Å². The summed E-state index contributed by atoms with van der Waals surface area (Å²) in [6, 6.07) is 28.6. The number of rotatable bonds is 3. The van der Waals surface area contributed by atoms with Crippen LogP contribution in [-0.2, 0) is 10.9 Å². The van der Waals surface area contributed by atoms with Crippen LogP contribution in [0.4, 0.5) is 0 Å². The van der Waals surface area contributed by atoms with Gasteiger partial charge in [0.1, 0.15) is 0 Å². The van der Waals surface area contributed by atoms with Gasteiger partial charge in [-0.3, -0.25) is 0 Å². The molecule has 0 amide bonds. The summed E-state index contributed by atoms with van der Waals surface area (Å²) in [5, 5.41) is 0. The Morgan fingerprint density at radius 1 is 0.476 bits per heavy atom. The van der Waals surface area contributed by atoms with Crippen molar-refractivity contribution in [2.45, 2.75) is 28.5 Å². The van der Waals surface area contributed by atoms with Crippen molar-refractivity contribution in [3.8, 4) is 0 Å². The van der Waals surface area contributed by atoms with E-state index in [1.807, 2.05) is 0 Å². The highest BCUT2D eigenvalue weighted by molar-refractivity contribution is 7.97. The minimum absolute atomic E-state index is 0.0312. The van der Waals surface area contributed by atoms with Crippen LogP contribution in [-0.4, -0.2) is 0 Å². The molecule has 3 rings (SSSR count). The molecule has 21 heavy (non-hydrogen) atoms. The van der Waals surface area contributed by atoms with Crippen molar-refractivity contribution in [3.63, 3.8) is 0 Å². The standard InChI is InChI=1S/C20H19S/c1-16-8-12-19(13-9-16)21(18-6-4-3-5-7-18)20-14-10-17(2)11-15-20/h3-15H,1-2H3/q+1. The molecule has 0 aliphatic rings. The Morgan fingerprint density at radius 2 is 0.857 bits per heavy atom. The molecule has 0 saturated carbocycles. The van der Waals surface area contributed by atoms with E-state index in [1.165, 1.54) is 25.8 Å². The van der Waals surface area contributed by atoms with Crippen LogP contribution in [0.2, 0.25) is 0 Å². The van der Waals surface area contributed by atoms with E-state index >= 15 is 0 Å². The average molecular weight is 291 g/mol. The fourth-order valence-corrected chi connectivity index (χ4v) is 4.38. The van der Waals surface area contributed by atoms with Crippen LogP contribution in [0.5, 0.6) is 0 Å². The van der Waals surface area contributed by atoms with E-state index in [-0.39, 0.29) is 10.9 Å². The smallest absolute Gasteiger partial charge is 0.0619 e. The molecule has 0 heterocycles. The second-order valence-corrected chi connectivity index (χ2v) is 7.27. The Bertz CT molecular complexity index is 652. The highest BCUT2D eigenvalue weighted by Gasteiger charge is 2.27. The van der Waals surface area contributed by atoms with Crippen molar-refractivity contribution in [1.82, 2.24) is 0 Å². The van der Waals surface area contributed by atoms with Gasteiger partial charge in [-0.05, 0) is 50.2 Å². The maximum atomic E-state index is 2.26. The van der Waals surface area contributed by atoms with Gasteiger partial charge in [0.15, 0.2) is 14.7 Å². The van der Waals surface area contributed by atoms with Crippen LogP contribution >= 0.6 is 0 Å². The number of hydrogen-bond donors (Lipinski definition) is 0. The molecule has 0 N–H and O–H groups in total. The summed E-state index contributed by atoms with van der Waals surface area (Å²) < 4.78 is 0. The van der Waals surface area contributed by atoms with Crippen molar-refractivity contribution in [2.75, 3.05) is 0 Å². The van der Waals surface area contributed by atoms with Crippen LogP contribution in [0.25, 0.3) is 0 Å². The topological polar surface area (TPSA) is 0 Å². The second-order valence-electron chi connectivity index (χ2n) is 5.25. The van der Waals surface area contributed by atoms with E-state index in [0.29, 0.717) is 0 Å². The van der Waals surface area contributed by atoms with Crippen molar-refractivity contribution in [2.24, 2.45) is 0 Å². The third-order valence-corrected chi connectivity index (χ3v) is 5.72. The largest absolute Gasteiger partial charge is 0.166 e. The zero-order valence-electron chi connectivity index (χ0n) is 12.4. The molecule has 0 bridgehead atoms. The molecule has 1 heteroatoms. The predicted octanol–water partition coefficient (Wildman–Crippen LogP) is 5.40. The first-order valence-corrected chi connectivity index (χ1v) is 8.39. The maximum absolute atomic E-state index is 2.26. The Morgan fingerprint density at radius 3 is 1.29 bits per heavy atom. The third-order valence-electron chi connectivity index (χ3n) is 3.49. The average Bonchev–Trinajstić information content (AvgIpc) is 2.52. The Balaban J connectivity index is 2.11. The Labute approximate surface area is 129 Å². The van der Waals surface area contributed by atoms with Gasteiger partial charge in [0.05, 0.1) is 10.9 Å². The summed E-state index contributed by atoms with van der Waals surface area (Å²) >= 11 is 0. The summed E-state index contributed by atoms with van der Waals surface area (Å²) in [4.78, 5) is 4.11. The molecule has 0 nitrogen and oxygen atoms in total. The van der Waals surface area contributed by atoms with E-state index in [4.69, 9.17) is 0 Å². The van der Waals surface area contributed by atoms with E-state index in [1.54, 1.807) is 0 Å². The first kappa shape index (κ1) is 14.0. The first-order valence-electron chi connectivity index (χ1n) is 7.17. The van der Waals surface area contributed by atoms with E-state index in [2.05, 4.69) is 92.7 Å². The van der Waals surface area contributed by atoms with E-state index in [9.17, 15) is 0 Å². The molecule has 0 aromatic heterocycles. The molecular formula is C20H19S+. The second kappa shape index (κ2) is 6.19. The van der Waals surface area contributed by atoms with Crippen LogP contribution in [0.1, 0.15) is 11.1 Å². The van der Waals surface area contributed by atoms with Crippen molar-refractivity contribution < 1.29 is 0 Å². The summed E-state index contributed by atoms with van der Waals surface area (Å²) in [5.41, 5.74) is 2.61. The lowest BCUT2D eigenvalue weighted by molar-refractivity contribution is 1.29. The van der Waals surface area contributed by atoms with Crippen molar-refractivity contribution in [3.05, 3.63) is 90.0 Å². The van der Waals surface area contributed by atoms with Gasteiger partial charge in [-0.25, -0.2) is 0 Å². The highest BCUT2D eigenvalue weighted by atomic mass is 32.2. The summed E-state index contributed by atoms with van der Waals surface area (Å²) in [7, 11) is -0.0312. The van der Waals surface area contributed by atoms with E-state index < -0.39 is 0 Å². The van der Waals surface area contributed by atoms with Crippen molar-refractivity contribution in [1.29, 1.82) is 0 Å². The molecule has 0 spiro atoms. The number of aryl methyl sites for hydroxylation is 2. The van der Waals surface area contributed by atoms with E-state index in [0.717, 1.165) is 0 Å². The van der Waals surface area contributed by atoms with Gasteiger partial charge in [-0.1, -0.05) is 53.6 Å². The predicted molar refractivity (Wildman–Crippen MR) is 91.0 cm³/mol. The molecule has 0 atom stereocenters. The molecule has 0 unspecified atom stereocenters. The van der Waals surface area contributed by atoms with Crippen LogP contribution in [0.15, 0.2) is 93.5 Å². The fourth-order valence-electron chi connectivity index (χ4n) is 2.31. The molecule has 0 saturated heterocycles. The molecular weight excluding hydrogens is 272 g/mol. The van der Waals surface area contributed by atoms with Gasteiger partial charge in [-0.15, -0.1) is 0 Å². The molecule has 3 aromatic carbocycles. The quantitative estimate of drug-likeness (QED) is 0.567. The maximum Gasteiger partial charge on any atom is 0.166 e. The molecule has 3 aromatic rings. The Hall–Kier alpha value is -1.99. The molecule has 104 valence electrons. The number of benzene rings is 3. The summed E-state index contributed by atoms with van der Waals surface area (Å²) in [6.07, 6.45) is 0. The monoisotopic (exact) mass is 291 g/mol. The van der Waals surface area contributed by atoms with Crippen LogP contribution in [0.3, 0.4) is 0 Å². The molecule has 0 aliphatic carbocycles. The minimum Gasteiger partial charge on any atom is -0.0619 e. The lowest BCUT2D eigenvalue weighted by Crippen LogP contribution is -2.04. The van der Waals surface area contributed by atoms with Gasteiger partial charge in [0, 0.05) is 0 Å². The normalized spacial score (nSPS) is 10.8. The zero-order valence-corrected chi connectivity index (χ0v) is 13.2. The van der Waals surface area contributed by atoms with Gasteiger partial charge < -0.3 is 0 Å². The number of hydrogen-bond acceptors (Lipinski definition) is 0. The molecule has 0 aliphatic heterocycles. The zero-order chi connectivity index (χ0) is 14.7. The first-order chi connectivity index (χ1) is 10.2. The van der Waals surface area contributed by atoms with Gasteiger partial charge >= 0.3 is 0 Å². The fraction of sp³-hybridized carbons (Fsp3) is 0.100. The minimum atomic E-state index is -0.0312. The third kappa shape index (κ3) is 3.20. The molecule has 0 fully saturated rings. The van der Waals surface area contributed by atoms with Crippen LogP contribution < -0.4 is 0 Å². The SMILES string of the molecule is Cc1ccc([S+](c2ccccc2)c2ccc(C)cc2)cc1.